The predicted molar refractivity (Wildman–Crippen MR) is 106 cm³/mol. The van der Waals surface area contributed by atoms with Crippen LogP contribution in [0.2, 0.25) is 5.02 Å². The summed E-state index contributed by atoms with van der Waals surface area (Å²) in [6.45, 7) is 5.68. The number of rotatable bonds is 4. The molecule has 1 aromatic heterocycles. The van der Waals surface area contributed by atoms with Crippen molar-refractivity contribution in [3.05, 3.63) is 45.7 Å². The molecule has 0 bridgehead atoms. The normalized spacial score (nSPS) is 18.3. The van der Waals surface area contributed by atoms with Crippen molar-refractivity contribution in [2.45, 2.75) is 19.4 Å². The van der Waals surface area contributed by atoms with Crippen molar-refractivity contribution in [3.8, 4) is 0 Å². The highest BCUT2D eigenvalue weighted by atomic mass is 35.5. The van der Waals surface area contributed by atoms with Crippen LogP contribution in [-0.2, 0) is 6.54 Å². The van der Waals surface area contributed by atoms with Crippen molar-refractivity contribution >= 4 is 34.0 Å². The van der Waals surface area contributed by atoms with Gasteiger partial charge in [-0.2, -0.15) is 0 Å². The molecule has 0 spiro atoms. The van der Waals surface area contributed by atoms with Gasteiger partial charge in [-0.25, -0.2) is 9.37 Å². The molecule has 2 saturated heterocycles. The Morgan fingerprint density at radius 2 is 1.89 bits per heavy atom. The van der Waals surface area contributed by atoms with Gasteiger partial charge in [-0.15, -0.1) is 11.3 Å². The van der Waals surface area contributed by atoms with Crippen molar-refractivity contribution in [2.75, 3.05) is 44.2 Å². The van der Waals surface area contributed by atoms with Gasteiger partial charge in [-0.3, -0.25) is 9.69 Å². The Balaban J connectivity index is 1.36. The van der Waals surface area contributed by atoms with Crippen LogP contribution in [0.5, 0.6) is 0 Å². The molecular formula is C19H22ClFN4OS. The molecule has 0 radical (unpaired) electrons. The number of hydrogen-bond acceptors (Lipinski definition) is 5. The van der Waals surface area contributed by atoms with E-state index in [1.165, 1.54) is 25.0 Å². The number of hydrogen-bond donors (Lipinski definition) is 0. The molecule has 0 unspecified atom stereocenters. The molecule has 2 aliphatic rings. The summed E-state index contributed by atoms with van der Waals surface area (Å²) in [7, 11) is 0. The lowest BCUT2D eigenvalue weighted by Gasteiger charge is -2.34. The number of halogens is 2. The van der Waals surface area contributed by atoms with E-state index >= 15 is 0 Å². The number of nitrogens with zero attached hydrogens (tertiary/aromatic N) is 4. The largest absolute Gasteiger partial charge is 0.345 e. The quantitative estimate of drug-likeness (QED) is 0.776. The summed E-state index contributed by atoms with van der Waals surface area (Å²) < 4.78 is 14.0. The SMILES string of the molecule is O=C(c1c(F)cccc1Cl)N1CCN(c2nc(CN3CCCC3)cs2)CC1. The van der Waals surface area contributed by atoms with E-state index in [1.54, 1.807) is 22.3 Å². The van der Waals surface area contributed by atoms with E-state index in [0.29, 0.717) is 26.2 Å². The molecule has 4 rings (SSSR count). The van der Waals surface area contributed by atoms with Gasteiger partial charge in [0.05, 0.1) is 16.3 Å². The third-order valence-corrected chi connectivity index (χ3v) is 6.40. The van der Waals surface area contributed by atoms with Gasteiger partial charge in [0.15, 0.2) is 5.13 Å². The standard InChI is InChI=1S/C19H22ClFN4OS/c20-15-4-3-5-16(21)17(15)18(26)24-8-10-25(11-9-24)19-22-14(13-27-19)12-23-6-1-2-7-23/h3-5,13H,1-2,6-12H2. The number of anilines is 1. The highest BCUT2D eigenvalue weighted by Gasteiger charge is 2.27. The lowest BCUT2D eigenvalue weighted by Crippen LogP contribution is -2.49. The number of piperazine rings is 1. The smallest absolute Gasteiger partial charge is 0.258 e. The Labute approximate surface area is 167 Å². The number of benzene rings is 1. The molecule has 0 saturated carbocycles. The summed E-state index contributed by atoms with van der Waals surface area (Å²) in [5, 5.41) is 3.29. The fourth-order valence-corrected chi connectivity index (χ4v) is 4.76. The average molecular weight is 409 g/mol. The Hall–Kier alpha value is -1.70. The molecule has 1 amide bonds. The molecule has 1 aromatic carbocycles. The van der Waals surface area contributed by atoms with Crippen molar-refractivity contribution in [1.29, 1.82) is 0 Å². The van der Waals surface area contributed by atoms with Gasteiger partial charge in [-0.05, 0) is 38.1 Å². The summed E-state index contributed by atoms with van der Waals surface area (Å²) in [5.41, 5.74) is 1.09. The molecule has 3 heterocycles. The minimum absolute atomic E-state index is 0.0326. The van der Waals surface area contributed by atoms with E-state index in [-0.39, 0.29) is 16.5 Å². The summed E-state index contributed by atoms with van der Waals surface area (Å²) in [4.78, 5) is 23.7. The fourth-order valence-electron chi connectivity index (χ4n) is 3.65. The number of amides is 1. The molecule has 0 atom stereocenters. The molecule has 2 aromatic rings. The van der Waals surface area contributed by atoms with Crippen LogP contribution in [0.3, 0.4) is 0 Å². The van der Waals surface area contributed by atoms with Crippen LogP contribution in [0.25, 0.3) is 0 Å². The van der Waals surface area contributed by atoms with E-state index in [4.69, 9.17) is 16.6 Å². The molecule has 0 N–H and O–H groups in total. The van der Waals surface area contributed by atoms with Gasteiger partial charge in [0, 0.05) is 38.1 Å². The number of carbonyl (C=O) groups is 1. The highest BCUT2D eigenvalue weighted by Crippen LogP contribution is 2.25. The first-order valence-corrected chi connectivity index (χ1v) is 10.5. The molecule has 5 nitrogen and oxygen atoms in total. The lowest BCUT2D eigenvalue weighted by molar-refractivity contribution is 0.0742. The summed E-state index contributed by atoms with van der Waals surface area (Å²) in [6, 6.07) is 4.33. The summed E-state index contributed by atoms with van der Waals surface area (Å²) in [5.74, 6) is -0.909. The van der Waals surface area contributed by atoms with Crippen LogP contribution in [0, 0.1) is 5.82 Å². The second kappa shape index (κ2) is 8.12. The van der Waals surface area contributed by atoms with Crippen molar-refractivity contribution in [2.24, 2.45) is 0 Å². The molecule has 2 aliphatic heterocycles. The Kier molecular flexibility index (Phi) is 5.61. The second-order valence-electron chi connectivity index (χ2n) is 6.98. The number of aromatic nitrogens is 1. The lowest BCUT2D eigenvalue weighted by atomic mass is 10.1. The predicted octanol–water partition coefficient (Wildman–Crippen LogP) is 3.49. The number of carbonyl (C=O) groups excluding carboxylic acids is 1. The van der Waals surface area contributed by atoms with Gasteiger partial charge in [-0.1, -0.05) is 17.7 Å². The van der Waals surface area contributed by atoms with Gasteiger partial charge in [0.25, 0.3) is 5.91 Å². The fraction of sp³-hybridized carbons (Fsp3) is 0.474. The Morgan fingerprint density at radius 3 is 2.59 bits per heavy atom. The van der Waals surface area contributed by atoms with Gasteiger partial charge in [0.2, 0.25) is 0 Å². The molecule has 27 heavy (non-hydrogen) atoms. The minimum Gasteiger partial charge on any atom is -0.345 e. The topological polar surface area (TPSA) is 39.7 Å². The third-order valence-electron chi connectivity index (χ3n) is 5.14. The second-order valence-corrected chi connectivity index (χ2v) is 8.22. The third kappa shape index (κ3) is 4.10. The Bertz CT molecular complexity index is 796. The molecule has 8 heteroatoms. The van der Waals surface area contributed by atoms with Gasteiger partial charge >= 0.3 is 0 Å². The van der Waals surface area contributed by atoms with Crippen molar-refractivity contribution in [1.82, 2.24) is 14.8 Å². The van der Waals surface area contributed by atoms with Crippen LogP contribution >= 0.6 is 22.9 Å². The zero-order valence-electron chi connectivity index (χ0n) is 15.0. The maximum absolute atomic E-state index is 14.0. The van der Waals surface area contributed by atoms with E-state index in [1.807, 2.05) is 0 Å². The maximum atomic E-state index is 14.0. The van der Waals surface area contributed by atoms with Crippen LogP contribution < -0.4 is 4.90 Å². The Morgan fingerprint density at radius 1 is 1.15 bits per heavy atom. The molecule has 2 fully saturated rings. The maximum Gasteiger partial charge on any atom is 0.258 e. The zero-order valence-corrected chi connectivity index (χ0v) is 16.6. The molecular weight excluding hydrogens is 387 g/mol. The van der Waals surface area contributed by atoms with E-state index in [2.05, 4.69) is 15.2 Å². The highest BCUT2D eigenvalue weighted by molar-refractivity contribution is 7.13. The zero-order chi connectivity index (χ0) is 18.8. The van der Waals surface area contributed by atoms with Crippen LogP contribution in [0.1, 0.15) is 28.9 Å². The van der Waals surface area contributed by atoms with E-state index in [0.717, 1.165) is 30.5 Å². The van der Waals surface area contributed by atoms with Gasteiger partial charge in [0.1, 0.15) is 5.82 Å². The van der Waals surface area contributed by atoms with Crippen LogP contribution in [0.4, 0.5) is 9.52 Å². The first-order valence-electron chi connectivity index (χ1n) is 9.27. The van der Waals surface area contributed by atoms with Crippen LogP contribution in [0.15, 0.2) is 23.6 Å². The average Bonchev–Trinajstić information content (AvgIpc) is 3.34. The molecule has 0 aliphatic carbocycles. The number of thiazole rings is 1. The van der Waals surface area contributed by atoms with E-state index < -0.39 is 5.82 Å². The molecule has 144 valence electrons. The summed E-state index contributed by atoms with van der Waals surface area (Å²) in [6.07, 6.45) is 2.55. The monoisotopic (exact) mass is 408 g/mol. The first-order chi connectivity index (χ1) is 13.1. The first kappa shape index (κ1) is 18.7. The van der Waals surface area contributed by atoms with Crippen molar-refractivity contribution < 1.29 is 9.18 Å². The number of likely N-dealkylation sites (tertiary alicyclic amines) is 1. The van der Waals surface area contributed by atoms with Crippen molar-refractivity contribution in [3.63, 3.8) is 0 Å². The van der Waals surface area contributed by atoms with E-state index in [9.17, 15) is 9.18 Å². The summed E-state index contributed by atoms with van der Waals surface area (Å²) >= 11 is 7.68. The minimum atomic E-state index is -0.568. The van der Waals surface area contributed by atoms with Gasteiger partial charge < -0.3 is 9.80 Å². The van der Waals surface area contributed by atoms with Crippen LogP contribution in [-0.4, -0.2) is 60.0 Å².